The largest absolute Gasteiger partial charge is 0.480 e. The lowest BCUT2D eigenvalue weighted by molar-refractivity contribution is -0.146. The smallest absolute Gasteiger partial charge is 0.324 e. The Balaban J connectivity index is 3.36. The zero-order valence-corrected chi connectivity index (χ0v) is 12.5. The number of aliphatic carboxylic acids is 1. The SMILES string of the molecule is CCN(C(C)(C)C(=O)O)S(=O)(=O)c1cccc(Cl)c1. The first kappa shape index (κ1) is 15.9. The van der Waals surface area contributed by atoms with E-state index in [1.807, 2.05) is 0 Å². The second-order valence-electron chi connectivity index (χ2n) is 4.49. The minimum Gasteiger partial charge on any atom is -0.480 e. The van der Waals surface area contributed by atoms with E-state index in [4.69, 9.17) is 11.6 Å². The highest BCUT2D eigenvalue weighted by Gasteiger charge is 2.41. The highest BCUT2D eigenvalue weighted by Crippen LogP contribution is 2.26. The standard InChI is InChI=1S/C12H16ClNO4S/c1-4-14(12(2,3)11(15)16)19(17,18)10-7-5-6-9(13)8-10/h5-8H,4H2,1-3H3,(H,15,16). The highest BCUT2D eigenvalue weighted by atomic mass is 35.5. The number of sulfonamides is 1. The summed E-state index contributed by atoms with van der Waals surface area (Å²) >= 11 is 5.78. The zero-order valence-electron chi connectivity index (χ0n) is 10.9. The van der Waals surface area contributed by atoms with E-state index in [9.17, 15) is 18.3 Å². The summed E-state index contributed by atoms with van der Waals surface area (Å²) in [5, 5.41) is 9.46. The molecule has 0 aliphatic heterocycles. The van der Waals surface area contributed by atoms with Crippen molar-refractivity contribution < 1.29 is 18.3 Å². The fourth-order valence-corrected chi connectivity index (χ4v) is 3.78. The van der Waals surface area contributed by atoms with Crippen molar-refractivity contribution in [3.05, 3.63) is 29.3 Å². The minimum atomic E-state index is -3.91. The molecule has 0 unspecified atom stereocenters. The van der Waals surface area contributed by atoms with Gasteiger partial charge in [0.25, 0.3) is 0 Å². The maximum absolute atomic E-state index is 12.5. The molecule has 106 valence electrons. The molecule has 0 saturated heterocycles. The fraction of sp³-hybridized carbons (Fsp3) is 0.417. The van der Waals surface area contributed by atoms with Gasteiger partial charge in [-0.25, -0.2) is 8.42 Å². The van der Waals surface area contributed by atoms with Crippen LogP contribution >= 0.6 is 11.6 Å². The Hall–Kier alpha value is -1.11. The van der Waals surface area contributed by atoms with Crippen molar-refractivity contribution in [2.24, 2.45) is 0 Å². The second kappa shape index (κ2) is 5.48. The van der Waals surface area contributed by atoms with E-state index in [2.05, 4.69) is 0 Å². The van der Waals surface area contributed by atoms with Crippen LogP contribution in [0.5, 0.6) is 0 Å². The van der Waals surface area contributed by atoms with Crippen molar-refractivity contribution in [1.29, 1.82) is 0 Å². The molecular formula is C12H16ClNO4S. The van der Waals surface area contributed by atoms with Gasteiger partial charge in [-0.3, -0.25) is 4.79 Å². The molecule has 0 aliphatic carbocycles. The van der Waals surface area contributed by atoms with Crippen LogP contribution in [0.25, 0.3) is 0 Å². The predicted octanol–water partition coefficient (Wildman–Crippen LogP) is 2.21. The molecule has 0 radical (unpaired) electrons. The Morgan fingerprint density at radius 2 is 2.00 bits per heavy atom. The molecule has 7 heteroatoms. The molecule has 0 fully saturated rings. The van der Waals surface area contributed by atoms with Gasteiger partial charge in [-0.1, -0.05) is 24.6 Å². The minimum absolute atomic E-state index is 0.0174. The Bertz CT molecular complexity index is 583. The summed E-state index contributed by atoms with van der Waals surface area (Å²) in [6.07, 6.45) is 0. The molecule has 0 saturated carbocycles. The Morgan fingerprint density at radius 1 is 1.42 bits per heavy atom. The Labute approximate surface area is 117 Å². The van der Waals surface area contributed by atoms with Crippen LogP contribution in [0.2, 0.25) is 5.02 Å². The average molecular weight is 306 g/mol. The van der Waals surface area contributed by atoms with Crippen molar-refractivity contribution in [2.45, 2.75) is 31.2 Å². The van der Waals surface area contributed by atoms with Crippen LogP contribution in [0, 0.1) is 0 Å². The highest BCUT2D eigenvalue weighted by molar-refractivity contribution is 7.89. The van der Waals surface area contributed by atoms with E-state index in [-0.39, 0.29) is 16.5 Å². The summed E-state index contributed by atoms with van der Waals surface area (Å²) in [6, 6.07) is 5.76. The number of benzene rings is 1. The van der Waals surface area contributed by atoms with Gasteiger partial charge in [0.15, 0.2) is 0 Å². The van der Waals surface area contributed by atoms with Crippen LogP contribution in [0.1, 0.15) is 20.8 Å². The van der Waals surface area contributed by atoms with E-state index in [1.54, 1.807) is 13.0 Å². The third kappa shape index (κ3) is 3.08. The molecule has 5 nitrogen and oxygen atoms in total. The van der Waals surface area contributed by atoms with Crippen molar-refractivity contribution in [2.75, 3.05) is 6.54 Å². The van der Waals surface area contributed by atoms with Crippen LogP contribution in [0.4, 0.5) is 0 Å². The molecule has 0 aliphatic rings. The molecule has 0 bridgehead atoms. The summed E-state index contributed by atoms with van der Waals surface area (Å²) < 4.78 is 25.9. The van der Waals surface area contributed by atoms with E-state index in [1.165, 1.54) is 32.0 Å². The van der Waals surface area contributed by atoms with Crippen LogP contribution in [0.3, 0.4) is 0 Å². The summed E-state index contributed by atoms with van der Waals surface area (Å²) in [4.78, 5) is 11.2. The molecule has 0 spiro atoms. The zero-order chi connectivity index (χ0) is 14.8. The monoisotopic (exact) mass is 305 g/mol. The number of carboxylic acids is 1. The summed E-state index contributed by atoms with van der Waals surface area (Å²) in [7, 11) is -3.91. The van der Waals surface area contributed by atoms with Gasteiger partial charge in [0, 0.05) is 11.6 Å². The number of hydrogen-bond donors (Lipinski definition) is 1. The van der Waals surface area contributed by atoms with E-state index in [0.29, 0.717) is 0 Å². The number of halogens is 1. The second-order valence-corrected chi connectivity index (χ2v) is 6.79. The van der Waals surface area contributed by atoms with E-state index in [0.717, 1.165) is 4.31 Å². The molecule has 0 heterocycles. The van der Waals surface area contributed by atoms with Crippen molar-refractivity contribution >= 4 is 27.6 Å². The molecule has 0 amide bonds. The van der Waals surface area contributed by atoms with Gasteiger partial charge in [0.1, 0.15) is 5.54 Å². The van der Waals surface area contributed by atoms with Gasteiger partial charge in [-0.15, -0.1) is 0 Å². The number of hydrogen-bond acceptors (Lipinski definition) is 3. The van der Waals surface area contributed by atoms with Crippen LogP contribution < -0.4 is 0 Å². The predicted molar refractivity (Wildman–Crippen MR) is 72.7 cm³/mol. The molecule has 0 aromatic heterocycles. The third-order valence-corrected chi connectivity index (χ3v) is 5.20. The normalized spacial score (nSPS) is 12.7. The lowest BCUT2D eigenvalue weighted by atomic mass is 10.1. The molecule has 1 N–H and O–H groups in total. The number of carbonyl (C=O) groups is 1. The van der Waals surface area contributed by atoms with Gasteiger partial charge in [0.2, 0.25) is 10.0 Å². The Kier molecular flexibility index (Phi) is 4.60. The molecule has 0 atom stereocenters. The molecule has 1 aromatic rings. The number of carboxylic acid groups (broad SMARTS) is 1. The number of nitrogens with zero attached hydrogens (tertiary/aromatic N) is 1. The average Bonchev–Trinajstić information content (AvgIpc) is 2.28. The van der Waals surface area contributed by atoms with Gasteiger partial charge >= 0.3 is 5.97 Å². The molecule has 1 aromatic carbocycles. The van der Waals surface area contributed by atoms with E-state index < -0.39 is 21.5 Å². The van der Waals surface area contributed by atoms with Crippen molar-refractivity contribution in [1.82, 2.24) is 4.31 Å². The fourth-order valence-electron chi connectivity index (χ4n) is 1.73. The molecule has 19 heavy (non-hydrogen) atoms. The summed E-state index contributed by atoms with van der Waals surface area (Å²) in [5.41, 5.74) is -1.53. The van der Waals surface area contributed by atoms with Gasteiger partial charge in [-0.05, 0) is 32.0 Å². The quantitative estimate of drug-likeness (QED) is 0.905. The van der Waals surface area contributed by atoms with E-state index >= 15 is 0 Å². The van der Waals surface area contributed by atoms with Gasteiger partial charge in [0.05, 0.1) is 4.90 Å². The number of likely N-dealkylation sites (N-methyl/N-ethyl adjacent to an activating group) is 1. The van der Waals surface area contributed by atoms with Crippen LogP contribution in [-0.4, -0.2) is 35.9 Å². The third-order valence-electron chi connectivity index (χ3n) is 2.82. The van der Waals surface area contributed by atoms with Crippen molar-refractivity contribution in [3.63, 3.8) is 0 Å². The summed E-state index contributed by atoms with van der Waals surface area (Å²) in [6.45, 7) is 4.34. The number of rotatable bonds is 5. The topological polar surface area (TPSA) is 74.7 Å². The first-order valence-corrected chi connectivity index (χ1v) is 7.47. The van der Waals surface area contributed by atoms with Crippen molar-refractivity contribution in [3.8, 4) is 0 Å². The molecule has 1 rings (SSSR count). The van der Waals surface area contributed by atoms with Crippen LogP contribution in [0.15, 0.2) is 29.2 Å². The maximum atomic E-state index is 12.5. The summed E-state index contributed by atoms with van der Waals surface area (Å²) in [5.74, 6) is -1.21. The first-order chi connectivity index (χ1) is 8.64. The van der Waals surface area contributed by atoms with Gasteiger partial charge < -0.3 is 5.11 Å². The first-order valence-electron chi connectivity index (χ1n) is 5.66. The molecular weight excluding hydrogens is 290 g/mol. The van der Waals surface area contributed by atoms with Crippen LogP contribution in [-0.2, 0) is 14.8 Å². The maximum Gasteiger partial charge on any atom is 0.324 e. The lowest BCUT2D eigenvalue weighted by Gasteiger charge is -2.33. The Morgan fingerprint density at radius 3 is 2.42 bits per heavy atom. The van der Waals surface area contributed by atoms with Gasteiger partial charge in [-0.2, -0.15) is 4.31 Å². The lowest BCUT2D eigenvalue weighted by Crippen LogP contribution is -2.52.